The summed E-state index contributed by atoms with van der Waals surface area (Å²) in [4.78, 5) is 22.9. The number of carbonyl (C=O) groups is 2. The van der Waals surface area contributed by atoms with Gasteiger partial charge in [0.05, 0.1) is 0 Å². The number of ether oxygens (including phenoxy) is 1. The molecule has 2 rings (SSSR count). The van der Waals surface area contributed by atoms with Gasteiger partial charge in [-0.05, 0) is 44.1 Å². The van der Waals surface area contributed by atoms with Gasteiger partial charge in [-0.25, -0.2) is 4.79 Å². The molecule has 0 aromatic heterocycles. The molecule has 1 aliphatic rings. The van der Waals surface area contributed by atoms with Gasteiger partial charge < -0.3 is 10.1 Å². The summed E-state index contributed by atoms with van der Waals surface area (Å²) in [5, 5.41) is 2.94. The molecule has 4 heteroatoms. The first kappa shape index (κ1) is 19.2. The normalized spacial score (nSPS) is 15.5. The standard InChI is InChI=1S/C21H29NO3/c1-2-9-19(20(24)25-16-18-10-5-3-6-11-18)12-7-4-8-13-21(14-15-21)22-17-23/h3,5-6,9-11,17H,2,4,7-8,12-16H2,1H3,(H,22,23). The fourth-order valence-corrected chi connectivity index (χ4v) is 3.05. The number of hydrogen-bond acceptors (Lipinski definition) is 3. The summed E-state index contributed by atoms with van der Waals surface area (Å²) in [5.74, 6) is -0.202. The summed E-state index contributed by atoms with van der Waals surface area (Å²) in [6.07, 6.45) is 10.7. The number of nitrogens with one attached hydrogen (secondary N) is 1. The van der Waals surface area contributed by atoms with Crippen molar-refractivity contribution in [2.75, 3.05) is 0 Å². The summed E-state index contributed by atoms with van der Waals surface area (Å²) in [7, 11) is 0. The van der Waals surface area contributed by atoms with Gasteiger partial charge in [0, 0.05) is 11.1 Å². The van der Waals surface area contributed by atoms with E-state index in [1.807, 2.05) is 43.3 Å². The molecule has 1 aliphatic carbocycles. The Morgan fingerprint density at radius 2 is 1.96 bits per heavy atom. The molecular weight excluding hydrogens is 314 g/mol. The van der Waals surface area contributed by atoms with Gasteiger partial charge in [0.15, 0.2) is 0 Å². The maximum Gasteiger partial charge on any atom is 0.334 e. The van der Waals surface area contributed by atoms with E-state index in [0.717, 1.165) is 68.9 Å². The molecule has 0 bridgehead atoms. The third-order valence-corrected chi connectivity index (χ3v) is 4.75. The van der Waals surface area contributed by atoms with E-state index in [-0.39, 0.29) is 11.5 Å². The molecule has 1 N–H and O–H groups in total. The zero-order chi connectivity index (χ0) is 18.0. The van der Waals surface area contributed by atoms with E-state index in [4.69, 9.17) is 4.74 Å². The second-order valence-electron chi connectivity index (χ2n) is 6.80. The Bertz CT molecular complexity index is 576. The minimum Gasteiger partial charge on any atom is -0.457 e. The first-order valence-corrected chi connectivity index (χ1v) is 9.30. The SMILES string of the molecule is CCC=C(CCCCCC1(NC=O)CC1)C(=O)OCc1ccccc1. The van der Waals surface area contributed by atoms with Crippen LogP contribution in [0.25, 0.3) is 0 Å². The number of hydrogen-bond donors (Lipinski definition) is 1. The molecule has 1 aromatic rings. The Morgan fingerprint density at radius 1 is 1.20 bits per heavy atom. The number of allylic oxidation sites excluding steroid dienone is 1. The van der Waals surface area contributed by atoms with Gasteiger partial charge >= 0.3 is 5.97 Å². The van der Waals surface area contributed by atoms with E-state index in [9.17, 15) is 9.59 Å². The van der Waals surface area contributed by atoms with Crippen LogP contribution in [0, 0.1) is 0 Å². The highest BCUT2D eigenvalue weighted by atomic mass is 16.5. The first-order chi connectivity index (χ1) is 12.2. The lowest BCUT2D eigenvalue weighted by atomic mass is 10.0. The molecule has 4 nitrogen and oxygen atoms in total. The second-order valence-corrected chi connectivity index (χ2v) is 6.80. The van der Waals surface area contributed by atoms with Crippen molar-refractivity contribution in [3.8, 4) is 0 Å². The zero-order valence-electron chi connectivity index (χ0n) is 15.1. The fourth-order valence-electron chi connectivity index (χ4n) is 3.05. The quantitative estimate of drug-likeness (QED) is 0.266. The van der Waals surface area contributed by atoms with Crippen molar-refractivity contribution in [1.82, 2.24) is 5.32 Å². The van der Waals surface area contributed by atoms with Crippen molar-refractivity contribution in [2.24, 2.45) is 0 Å². The van der Waals surface area contributed by atoms with Crippen molar-refractivity contribution >= 4 is 12.4 Å². The van der Waals surface area contributed by atoms with Crippen LogP contribution in [0.15, 0.2) is 42.0 Å². The number of unbranched alkanes of at least 4 members (excludes halogenated alkanes) is 2. The van der Waals surface area contributed by atoms with Gasteiger partial charge in [-0.15, -0.1) is 0 Å². The number of carbonyl (C=O) groups excluding carboxylic acids is 2. The Labute approximate surface area is 150 Å². The van der Waals surface area contributed by atoms with Crippen LogP contribution in [0.2, 0.25) is 0 Å². The molecule has 0 heterocycles. The van der Waals surface area contributed by atoms with Gasteiger partial charge in [-0.3, -0.25) is 4.79 Å². The predicted molar refractivity (Wildman–Crippen MR) is 98.9 cm³/mol. The number of benzene rings is 1. The summed E-state index contributed by atoms with van der Waals surface area (Å²) in [5.41, 5.74) is 1.87. The maximum atomic E-state index is 12.3. The Morgan fingerprint density at radius 3 is 2.60 bits per heavy atom. The number of rotatable bonds is 12. The van der Waals surface area contributed by atoms with Crippen LogP contribution in [0.5, 0.6) is 0 Å². The molecule has 1 amide bonds. The molecule has 1 saturated carbocycles. The molecule has 0 atom stereocenters. The molecule has 1 aromatic carbocycles. The van der Waals surface area contributed by atoms with E-state index < -0.39 is 0 Å². The summed E-state index contributed by atoms with van der Waals surface area (Å²) in [6, 6.07) is 9.75. The zero-order valence-corrected chi connectivity index (χ0v) is 15.1. The van der Waals surface area contributed by atoms with Gasteiger partial charge in [0.2, 0.25) is 6.41 Å². The van der Waals surface area contributed by atoms with Gasteiger partial charge in [0.1, 0.15) is 6.61 Å². The average molecular weight is 343 g/mol. The van der Waals surface area contributed by atoms with Crippen LogP contribution in [0.3, 0.4) is 0 Å². The lowest BCUT2D eigenvalue weighted by Crippen LogP contribution is -2.29. The molecule has 0 radical (unpaired) electrons. The van der Waals surface area contributed by atoms with Crippen LogP contribution in [-0.4, -0.2) is 17.9 Å². The number of esters is 1. The average Bonchev–Trinajstić information content (AvgIpc) is 3.39. The molecule has 136 valence electrons. The number of amides is 1. The summed E-state index contributed by atoms with van der Waals surface area (Å²) in [6.45, 7) is 2.35. The van der Waals surface area contributed by atoms with E-state index in [0.29, 0.717) is 6.61 Å². The Kier molecular flexibility index (Phi) is 7.71. The summed E-state index contributed by atoms with van der Waals surface area (Å²) < 4.78 is 5.44. The highest BCUT2D eigenvalue weighted by Gasteiger charge is 2.41. The van der Waals surface area contributed by atoms with Gasteiger partial charge in [-0.1, -0.05) is 56.2 Å². The monoisotopic (exact) mass is 343 g/mol. The topological polar surface area (TPSA) is 55.4 Å². The van der Waals surface area contributed by atoms with E-state index in [2.05, 4.69) is 5.32 Å². The van der Waals surface area contributed by atoms with Crippen LogP contribution in [0.1, 0.15) is 63.9 Å². The van der Waals surface area contributed by atoms with Crippen LogP contribution < -0.4 is 5.32 Å². The van der Waals surface area contributed by atoms with Crippen molar-refractivity contribution in [1.29, 1.82) is 0 Å². The summed E-state index contributed by atoms with van der Waals surface area (Å²) >= 11 is 0. The first-order valence-electron chi connectivity index (χ1n) is 9.30. The Balaban J connectivity index is 1.68. The highest BCUT2D eigenvalue weighted by Crippen LogP contribution is 2.39. The molecule has 0 spiro atoms. The lowest BCUT2D eigenvalue weighted by Gasteiger charge is -2.13. The molecule has 0 aliphatic heterocycles. The predicted octanol–water partition coefficient (Wildman–Crippen LogP) is 4.30. The highest BCUT2D eigenvalue weighted by molar-refractivity contribution is 5.88. The maximum absolute atomic E-state index is 12.3. The molecular formula is C21H29NO3. The molecule has 1 fully saturated rings. The van der Waals surface area contributed by atoms with Crippen molar-refractivity contribution in [3.63, 3.8) is 0 Å². The fraction of sp³-hybridized carbons (Fsp3) is 0.524. The van der Waals surface area contributed by atoms with E-state index in [1.165, 1.54) is 0 Å². The van der Waals surface area contributed by atoms with Crippen LogP contribution >= 0.6 is 0 Å². The minimum atomic E-state index is -0.202. The minimum absolute atomic E-state index is 0.0818. The molecule has 25 heavy (non-hydrogen) atoms. The third kappa shape index (κ3) is 6.73. The van der Waals surface area contributed by atoms with Gasteiger partial charge in [-0.2, -0.15) is 0 Å². The van der Waals surface area contributed by atoms with Crippen LogP contribution in [0.4, 0.5) is 0 Å². The van der Waals surface area contributed by atoms with Gasteiger partial charge in [0.25, 0.3) is 0 Å². The Hall–Kier alpha value is -2.10. The smallest absolute Gasteiger partial charge is 0.334 e. The van der Waals surface area contributed by atoms with Crippen molar-refractivity contribution < 1.29 is 14.3 Å². The molecule has 0 unspecified atom stereocenters. The van der Waals surface area contributed by atoms with Crippen molar-refractivity contribution in [2.45, 2.75) is 70.4 Å². The molecule has 0 saturated heterocycles. The van der Waals surface area contributed by atoms with Crippen LogP contribution in [-0.2, 0) is 20.9 Å². The van der Waals surface area contributed by atoms with E-state index >= 15 is 0 Å². The van der Waals surface area contributed by atoms with Crippen molar-refractivity contribution in [3.05, 3.63) is 47.5 Å². The third-order valence-electron chi connectivity index (χ3n) is 4.75. The largest absolute Gasteiger partial charge is 0.457 e. The van der Waals surface area contributed by atoms with E-state index in [1.54, 1.807) is 0 Å². The second kappa shape index (κ2) is 10.0. The lowest BCUT2D eigenvalue weighted by molar-refractivity contribution is -0.140.